The smallest absolute Gasteiger partial charge is 0.314 e. The molecule has 15 heteroatoms. The quantitative estimate of drug-likeness (QED) is 0.296. The van der Waals surface area contributed by atoms with Gasteiger partial charge in [-0.15, -0.1) is 0 Å². The van der Waals surface area contributed by atoms with Crippen LogP contribution in [0, 0.1) is 6.92 Å². The Morgan fingerprint density at radius 3 is 2.58 bits per heavy atom. The van der Waals surface area contributed by atoms with Crippen molar-refractivity contribution < 1.29 is 33.8 Å². The summed E-state index contributed by atoms with van der Waals surface area (Å²) in [6, 6.07) is 1.51. The number of aromatic nitrogens is 3. The molecule has 1 saturated heterocycles. The highest BCUT2D eigenvalue weighted by atomic mass is 32.5. The third-order valence-corrected chi connectivity index (χ3v) is 7.42. The van der Waals surface area contributed by atoms with Crippen LogP contribution in [-0.2, 0) is 20.9 Å². The Morgan fingerprint density at radius 2 is 1.97 bits per heavy atom. The highest BCUT2D eigenvalue weighted by Crippen LogP contribution is 3.02. The van der Waals surface area contributed by atoms with E-state index in [2.05, 4.69) is 15.4 Å². The average molecular weight is 563 g/mol. The molecule has 0 spiro atoms. The molecule has 3 heterocycles. The van der Waals surface area contributed by atoms with E-state index in [1.807, 2.05) is 0 Å². The van der Waals surface area contributed by atoms with Gasteiger partial charge in [-0.05, 0) is 56.4 Å². The summed E-state index contributed by atoms with van der Waals surface area (Å²) >= 11 is 0. The van der Waals surface area contributed by atoms with Crippen molar-refractivity contribution >= 4 is 44.4 Å². The van der Waals surface area contributed by atoms with E-state index >= 15 is 0 Å². The highest BCUT2D eigenvalue weighted by molar-refractivity contribution is 8.45. The number of benzene rings is 1. The second-order valence-electron chi connectivity index (χ2n) is 9.08. The number of ether oxygens (including phenoxy) is 1. The van der Waals surface area contributed by atoms with Gasteiger partial charge in [-0.1, -0.05) is 25.5 Å². The third kappa shape index (κ3) is 5.83. The molecule has 1 fully saturated rings. The lowest BCUT2D eigenvalue weighted by atomic mass is 10.1. The second kappa shape index (κ2) is 9.08. The summed E-state index contributed by atoms with van der Waals surface area (Å²) in [5.41, 5.74) is 6.50. The van der Waals surface area contributed by atoms with Crippen molar-refractivity contribution in [2.75, 3.05) is 24.2 Å². The van der Waals surface area contributed by atoms with Gasteiger partial charge >= 0.3 is 22.0 Å². The minimum Gasteiger partial charge on any atom is -0.383 e. The van der Waals surface area contributed by atoms with E-state index in [0.717, 1.165) is 30.2 Å². The maximum atomic E-state index is 13.1. The van der Waals surface area contributed by atoms with Gasteiger partial charge < -0.3 is 20.7 Å². The van der Waals surface area contributed by atoms with Crippen LogP contribution in [0.5, 0.6) is 0 Å². The van der Waals surface area contributed by atoms with Crippen molar-refractivity contribution in [2.45, 2.75) is 50.8 Å². The molecule has 3 aromatic rings. The van der Waals surface area contributed by atoms with Gasteiger partial charge in [0.25, 0.3) is 0 Å². The van der Waals surface area contributed by atoms with E-state index in [9.17, 15) is 29.0 Å². The van der Waals surface area contributed by atoms with Gasteiger partial charge in [0.15, 0.2) is 0 Å². The zero-order valence-corrected chi connectivity index (χ0v) is 21.4. The minimum absolute atomic E-state index is 0.0258. The van der Waals surface area contributed by atoms with Gasteiger partial charge in [0.1, 0.15) is 22.5 Å². The summed E-state index contributed by atoms with van der Waals surface area (Å²) in [6.07, 6.45) is 5.27. The van der Waals surface area contributed by atoms with Crippen molar-refractivity contribution in [2.24, 2.45) is 0 Å². The summed E-state index contributed by atoms with van der Waals surface area (Å²) in [5.74, 6) is -1.85. The van der Waals surface area contributed by atoms with Crippen molar-refractivity contribution in [1.82, 2.24) is 19.7 Å². The summed E-state index contributed by atoms with van der Waals surface area (Å²) in [4.78, 5) is 28.9. The number of carbonyl (C=O) groups excluding carboxylic acids is 2. The largest absolute Gasteiger partial charge is 0.383 e. The number of likely N-dealkylation sites (N-methyl/N-ethyl adjacent to an activating group) is 1. The SMILES string of the molecule is CCN(Cc1ccc(S(F)(F)(F)(F)F)cc1C)C(=O)C(=O)Nc1cnc(N)c2cn(C3CCCCO3)nc12. The Balaban J connectivity index is 1.53. The van der Waals surface area contributed by atoms with Crippen LogP contribution in [0.25, 0.3) is 10.9 Å². The Morgan fingerprint density at radius 1 is 1.24 bits per heavy atom. The van der Waals surface area contributed by atoms with Crippen LogP contribution in [0.4, 0.5) is 30.9 Å². The number of nitrogens with zero attached hydrogens (tertiary/aromatic N) is 4. The molecule has 1 atom stereocenters. The summed E-state index contributed by atoms with van der Waals surface area (Å²) in [6.45, 7) is 3.14. The first-order chi connectivity index (χ1) is 17.6. The predicted molar refractivity (Wildman–Crippen MR) is 133 cm³/mol. The fraction of sp³-hybridized carbons (Fsp3) is 0.391. The lowest BCUT2D eigenvalue weighted by Gasteiger charge is -2.40. The molecule has 0 radical (unpaired) electrons. The number of pyridine rings is 1. The number of fused-ring (bicyclic) bond motifs is 1. The minimum atomic E-state index is -9.85. The maximum Gasteiger partial charge on any atom is 0.314 e. The molecule has 4 rings (SSSR count). The lowest BCUT2D eigenvalue weighted by Crippen LogP contribution is -2.39. The number of nitrogens with two attached hydrogens (primary N) is 1. The molecule has 3 N–H and O–H groups in total. The molecular formula is C23H27F5N6O3S. The van der Waals surface area contributed by atoms with Gasteiger partial charge in [-0.3, -0.25) is 9.59 Å². The van der Waals surface area contributed by atoms with Gasteiger partial charge in [-0.2, -0.15) is 5.10 Å². The molecule has 1 aromatic carbocycles. The molecule has 38 heavy (non-hydrogen) atoms. The van der Waals surface area contributed by atoms with Crippen LogP contribution in [0.2, 0.25) is 0 Å². The number of halogens is 5. The van der Waals surface area contributed by atoms with E-state index in [-0.39, 0.29) is 48.0 Å². The molecule has 0 aliphatic carbocycles. The van der Waals surface area contributed by atoms with E-state index in [4.69, 9.17) is 10.5 Å². The lowest BCUT2D eigenvalue weighted by molar-refractivity contribution is -0.143. The summed E-state index contributed by atoms with van der Waals surface area (Å²) < 4.78 is 73.0. The van der Waals surface area contributed by atoms with Crippen molar-refractivity contribution in [1.29, 1.82) is 0 Å². The number of hydrogen-bond donors (Lipinski definition) is 2. The monoisotopic (exact) mass is 562 g/mol. The van der Waals surface area contributed by atoms with Crippen molar-refractivity contribution in [3.05, 3.63) is 41.7 Å². The molecule has 9 nitrogen and oxygen atoms in total. The summed E-state index contributed by atoms with van der Waals surface area (Å²) in [5, 5.41) is 7.40. The van der Waals surface area contributed by atoms with E-state index in [1.54, 1.807) is 17.8 Å². The highest BCUT2D eigenvalue weighted by Gasteiger charge is 2.65. The number of aryl methyl sites for hydroxylation is 1. The van der Waals surface area contributed by atoms with Crippen LogP contribution < -0.4 is 11.1 Å². The predicted octanol–water partition coefficient (Wildman–Crippen LogP) is 5.67. The first kappa shape index (κ1) is 27.6. The van der Waals surface area contributed by atoms with E-state index in [1.165, 1.54) is 13.1 Å². The van der Waals surface area contributed by atoms with Crippen LogP contribution in [-0.4, -0.2) is 44.6 Å². The fourth-order valence-electron chi connectivity index (χ4n) is 4.15. The Labute approximate surface area is 214 Å². The van der Waals surface area contributed by atoms with Crippen LogP contribution >= 0.6 is 10.2 Å². The molecule has 1 aliphatic rings. The zero-order valence-electron chi connectivity index (χ0n) is 20.6. The normalized spacial score (nSPS) is 18.0. The van der Waals surface area contributed by atoms with Crippen molar-refractivity contribution in [3.63, 3.8) is 0 Å². The number of nitrogens with one attached hydrogen (secondary N) is 1. The number of rotatable bonds is 6. The van der Waals surface area contributed by atoms with E-state index < -0.39 is 26.9 Å². The Kier molecular flexibility index (Phi) is 6.59. The third-order valence-electron chi connectivity index (χ3n) is 6.28. The Hall–Kier alpha value is -3.46. The molecule has 0 saturated carbocycles. The van der Waals surface area contributed by atoms with Gasteiger partial charge in [0, 0.05) is 25.9 Å². The van der Waals surface area contributed by atoms with Crippen LogP contribution in [0.3, 0.4) is 0 Å². The molecule has 208 valence electrons. The zero-order chi connectivity index (χ0) is 27.9. The second-order valence-corrected chi connectivity index (χ2v) is 11.5. The van der Waals surface area contributed by atoms with E-state index in [0.29, 0.717) is 23.6 Å². The number of nitrogen functional groups attached to an aromatic ring is 1. The first-order valence-corrected chi connectivity index (χ1v) is 13.7. The van der Waals surface area contributed by atoms with Gasteiger partial charge in [-0.25, -0.2) is 9.67 Å². The molecule has 2 aromatic heterocycles. The van der Waals surface area contributed by atoms with Gasteiger partial charge in [0.2, 0.25) is 0 Å². The summed E-state index contributed by atoms with van der Waals surface area (Å²) in [7, 11) is -9.85. The number of carbonyl (C=O) groups is 2. The number of anilines is 2. The number of amides is 2. The molecule has 0 bridgehead atoms. The first-order valence-electron chi connectivity index (χ1n) is 11.8. The van der Waals surface area contributed by atoms with Crippen LogP contribution in [0.15, 0.2) is 35.5 Å². The molecular weight excluding hydrogens is 535 g/mol. The molecule has 1 aliphatic heterocycles. The van der Waals surface area contributed by atoms with Gasteiger partial charge in [0.05, 0.1) is 17.3 Å². The number of hydrogen-bond acceptors (Lipinski definition) is 6. The van der Waals surface area contributed by atoms with Crippen LogP contribution in [0.1, 0.15) is 43.5 Å². The topological polar surface area (TPSA) is 115 Å². The standard InChI is InChI=1S/C23H27F5N6O3S/c1-3-33(12-15-7-8-16(10-14(15)2)38(24,25,26,27)28)23(36)22(35)31-18-11-30-21(29)17-13-34(32-20(17)18)19-6-4-5-9-37-19/h7-8,10-11,13,19H,3-6,9,12H2,1-2H3,(H2,29,30)(H,31,35). The van der Waals surface area contributed by atoms with Crippen molar-refractivity contribution in [3.8, 4) is 0 Å². The molecule has 1 unspecified atom stereocenters. The maximum absolute atomic E-state index is 13.1. The average Bonchev–Trinajstić information content (AvgIpc) is 3.30. The Bertz CT molecular complexity index is 1410. The fourth-order valence-corrected chi connectivity index (χ4v) is 4.88. The molecule has 2 amide bonds.